The summed E-state index contributed by atoms with van der Waals surface area (Å²) in [6.07, 6.45) is 4.50. The van der Waals surface area contributed by atoms with Gasteiger partial charge in [-0.3, -0.25) is 0 Å². The fraction of sp³-hybridized carbons (Fsp3) is 0.0909. The fourth-order valence-corrected chi connectivity index (χ4v) is 1.58. The number of nitrogens with zero attached hydrogens (tertiary/aromatic N) is 3. The molecule has 0 saturated carbocycles. The highest BCUT2D eigenvalue weighted by molar-refractivity contribution is 6.28. The predicted molar refractivity (Wildman–Crippen MR) is 67.7 cm³/mol. The second-order valence-electron chi connectivity index (χ2n) is 3.27. The molecule has 0 fully saturated rings. The number of hydrogen-bond acceptors (Lipinski definition) is 5. The molecular weight excluding hydrogens is 238 g/mol. The SMILES string of the molecule is CNc1ncc(-c2ccnc(Cl)n2)cc1C=N. The van der Waals surface area contributed by atoms with Crippen molar-refractivity contribution in [2.75, 3.05) is 12.4 Å². The largest absolute Gasteiger partial charge is 0.373 e. The van der Waals surface area contributed by atoms with Gasteiger partial charge in [-0.2, -0.15) is 0 Å². The van der Waals surface area contributed by atoms with Crippen molar-refractivity contribution in [2.45, 2.75) is 0 Å². The molecule has 5 nitrogen and oxygen atoms in total. The lowest BCUT2D eigenvalue weighted by atomic mass is 10.1. The first-order chi connectivity index (χ1) is 8.24. The van der Waals surface area contributed by atoms with Crippen LogP contribution in [0.4, 0.5) is 5.82 Å². The van der Waals surface area contributed by atoms with Gasteiger partial charge in [0, 0.05) is 36.8 Å². The zero-order chi connectivity index (χ0) is 12.3. The van der Waals surface area contributed by atoms with E-state index in [1.807, 2.05) is 6.07 Å². The predicted octanol–water partition coefficient (Wildman–Crippen LogP) is 2.23. The number of halogens is 1. The summed E-state index contributed by atoms with van der Waals surface area (Å²) in [5.41, 5.74) is 2.18. The smallest absolute Gasteiger partial charge is 0.222 e. The van der Waals surface area contributed by atoms with E-state index in [1.54, 1.807) is 25.5 Å². The topological polar surface area (TPSA) is 74.6 Å². The van der Waals surface area contributed by atoms with Crippen molar-refractivity contribution in [3.63, 3.8) is 0 Å². The van der Waals surface area contributed by atoms with E-state index >= 15 is 0 Å². The molecule has 0 bridgehead atoms. The first kappa shape index (κ1) is 11.5. The molecule has 2 N–H and O–H groups in total. The summed E-state index contributed by atoms with van der Waals surface area (Å²) in [7, 11) is 1.76. The zero-order valence-corrected chi connectivity index (χ0v) is 9.86. The summed E-state index contributed by atoms with van der Waals surface area (Å²) < 4.78 is 0. The van der Waals surface area contributed by atoms with E-state index in [9.17, 15) is 0 Å². The molecule has 2 heterocycles. The molecule has 0 aliphatic rings. The van der Waals surface area contributed by atoms with Crippen LogP contribution < -0.4 is 5.32 Å². The van der Waals surface area contributed by atoms with Gasteiger partial charge in [0.05, 0.1) is 5.69 Å². The summed E-state index contributed by atoms with van der Waals surface area (Å²) in [6, 6.07) is 3.57. The Morgan fingerprint density at radius 3 is 2.88 bits per heavy atom. The van der Waals surface area contributed by atoms with Crippen molar-refractivity contribution < 1.29 is 0 Å². The van der Waals surface area contributed by atoms with Crippen LogP contribution in [0.15, 0.2) is 24.5 Å². The molecule has 17 heavy (non-hydrogen) atoms. The van der Waals surface area contributed by atoms with Crippen molar-refractivity contribution in [1.82, 2.24) is 15.0 Å². The first-order valence-electron chi connectivity index (χ1n) is 4.92. The van der Waals surface area contributed by atoms with Crippen LogP contribution in [0.2, 0.25) is 5.28 Å². The minimum atomic E-state index is 0.191. The minimum Gasteiger partial charge on any atom is -0.373 e. The number of pyridine rings is 1. The van der Waals surface area contributed by atoms with E-state index in [1.165, 1.54) is 6.21 Å². The molecule has 2 aromatic heterocycles. The van der Waals surface area contributed by atoms with Crippen LogP contribution in [0, 0.1) is 5.41 Å². The standard InChI is InChI=1S/C11H10ClN5/c1-14-10-7(5-13)4-8(6-16-10)9-2-3-15-11(12)17-9/h2-6,13H,1H3,(H,14,16). The molecular formula is C11H10ClN5. The second kappa shape index (κ2) is 4.88. The third-order valence-electron chi connectivity index (χ3n) is 2.23. The molecule has 0 unspecified atom stereocenters. The maximum absolute atomic E-state index is 7.33. The van der Waals surface area contributed by atoms with E-state index in [4.69, 9.17) is 17.0 Å². The normalized spacial score (nSPS) is 10.0. The highest BCUT2D eigenvalue weighted by Crippen LogP contribution is 2.20. The van der Waals surface area contributed by atoms with E-state index in [0.29, 0.717) is 17.1 Å². The van der Waals surface area contributed by atoms with Gasteiger partial charge in [-0.1, -0.05) is 0 Å². The van der Waals surface area contributed by atoms with Crippen molar-refractivity contribution in [3.05, 3.63) is 35.4 Å². The molecule has 0 saturated heterocycles. The van der Waals surface area contributed by atoms with Crippen LogP contribution >= 0.6 is 11.6 Å². The Labute approximate surface area is 103 Å². The van der Waals surface area contributed by atoms with E-state index < -0.39 is 0 Å². The third kappa shape index (κ3) is 2.39. The van der Waals surface area contributed by atoms with E-state index in [-0.39, 0.29) is 5.28 Å². The summed E-state index contributed by atoms with van der Waals surface area (Å²) in [5.74, 6) is 0.656. The fourth-order valence-electron chi connectivity index (χ4n) is 1.44. The molecule has 6 heteroatoms. The summed E-state index contributed by atoms with van der Waals surface area (Å²) in [5, 5.41) is 10.4. The molecule has 0 aliphatic carbocycles. The number of hydrogen-bond donors (Lipinski definition) is 2. The molecule has 2 rings (SSSR count). The molecule has 0 spiro atoms. The van der Waals surface area contributed by atoms with E-state index in [2.05, 4.69) is 20.3 Å². The lowest BCUT2D eigenvalue weighted by molar-refractivity contribution is 1.16. The Bertz CT molecular complexity index is 555. The lowest BCUT2D eigenvalue weighted by Crippen LogP contribution is -1.98. The lowest BCUT2D eigenvalue weighted by Gasteiger charge is -2.06. The average Bonchev–Trinajstić information content (AvgIpc) is 2.38. The van der Waals surface area contributed by atoms with Crippen molar-refractivity contribution in [1.29, 1.82) is 5.41 Å². The van der Waals surface area contributed by atoms with Crippen LogP contribution in [-0.4, -0.2) is 28.2 Å². The van der Waals surface area contributed by atoms with Gasteiger partial charge in [0.25, 0.3) is 0 Å². The Balaban J connectivity index is 2.50. The summed E-state index contributed by atoms with van der Waals surface area (Å²) in [4.78, 5) is 12.1. The van der Waals surface area contributed by atoms with Crippen LogP contribution in [0.5, 0.6) is 0 Å². The highest BCUT2D eigenvalue weighted by atomic mass is 35.5. The average molecular weight is 248 g/mol. The van der Waals surface area contributed by atoms with Crippen LogP contribution in [0.3, 0.4) is 0 Å². The minimum absolute atomic E-state index is 0.191. The molecule has 2 aromatic rings. The first-order valence-corrected chi connectivity index (χ1v) is 5.29. The molecule has 0 atom stereocenters. The van der Waals surface area contributed by atoms with Crippen LogP contribution in [-0.2, 0) is 0 Å². The van der Waals surface area contributed by atoms with Gasteiger partial charge in [-0.15, -0.1) is 0 Å². The van der Waals surface area contributed by atoms with Gasteiger partial charge in [-0.25, -0.2) is 15.0 Å². The molecule has 0 aliphatic heterocycles. The van der Waals surface area contributed by atoms with Crippen LogP contribution in [0.1, 0.15) is 5.56 Å². The van der Waals surface area contributed by atoms with Crippen LogP contribution in [0.25, 0.3) is 11.3 Å². The van der Waals surface area contributed by atoms with Gasteiger partial charge in [0.2, 0.25) is 5.28 Å². The maximum atomic E-state index is 7.33. The van der Waals surface area contributed by atoms with Gasteiger partial charge >= 0.3 is 0 Å². The number of nitrogens with one attached hydrogen (secondary N) is 2. The Morgan fingerprint density at radius 2 is 2.24 bits per heavy atom. The maximum Gasteiger partial charge on any atom is 0.222 e. The van der Waals surface area contributed by atoms with Gasteiger partial charge in [-0.05, 0) is 23.7 Å². The van der Waals surface area contributed by atoms with Gasteiger partial charge in [0.1, 0.15) is 5.82 Å². The zero-order valence-electron chi connectivity index (χ0n) is 9.11. The van der Waals surface area contributed by atoms with Gasteiger partial charge < -0.3 is 10.7 Å². The van der Waals surface area contributed by atoms with Crippen molar-refractivity contribution >= 4 is 23.6 Å². The highest BCUT2D eigenvalue weighted by Gasteiger charge is 2.05. The molecule has 86 valence electrons. The molecule has 0 amide bonds. The molecule has 0 radical (unpaired) electrons. The number of anilines is 1. The summed E-state index contributed by atoms with van der Waals surface area (Å²) in [6.45, 7) is 0. The van der Waals surface area contributed by atoms with E-state index in [0.717, 1.165) is 5.56 Å². The summed E-state index contributed by atoms with van der Waals surface area (Å²) >= 11 is 5.73. The Morgan fingerprint density at radius 1 is 1.41 bits per heavy atom. The Kier molecular flexibility index (Phi) is 3.30. The second-order valence-corrected chi connectivity index (χ2v) is 3.61. The quantitative estimate of drug-likeness (QED) is 0.644. The number of rotatable bonds is 3. The van der Waals surface area contributed by atoms with Crippen molar-refractivity contribution in [3.8, 4) is 11.3 Å². The van der Waals surface area contributed by atoms with Crippen molar-refractivity contribution in [2.24, 2.45) is 0 Å². The van der Waals surface area contributed by atoms with Gasteiger partial charge in [0.15, 0.2) is 0 Å². The third-order valence-corrected chi connectivity index (χ3v) is 2.41. The Hall–Kier alpha value is -2.01. The molecule has 0 aromatic carbocycles. The monoisotopic (exact) mass is 247 g/mol. The number of aromatic nitrogens is 3.